The van der Waals surface area contributed by atoms with Gasteiger partial charge in [0, 0.05) is 57.2 Å². The Labute approximate surface area is 170 Å². The van der Waals surface area contributed by atoms with E-state index >= 15 is 0 Å². The lowest BCUT2D eigenvalue weighted by Gasteiger charge is -2.34. The van der Waals surface area contributed by atoms with Crippen LogP contribution in [0.3, 0.4) is 0 Å². The van der Waals surface area contributed by atoms with Gasteiger partial charge in [0.05, 0.1) is 0 Å². The minimum absolute atomic E-state index is 0.160. The predicted octanol–water partition coefficient (Wildman–Crippen LogP) is 4.43. The van der Waals surface area contributed by atoms with Gasteiger partial charge in [-0.25, -0.2) is 0 Å². The van der Waals surface area contributed by atoms with Gasteiger partial charge in [0.15, 0.2) is 0 Å². The van der Waals surface area contributed by atoms with Gasteiger partial charge in [0.25, 0.3) is 0 Å². The summed E-state index contributed by atoms with van der Waals surface area (Å²) >= 11 is 0. The van der Waals surface area contributed by atoms with Gasteiger partial charge in [-0.2, -0.15) is 0 Å². The lowest BCUT2D eigenvalue weighted by Crippen LogP contribution is -2.43. The Morgan fingerprint density at radius 1 is 1.04 bits per heavy atom. The van der Waals surface area contributed by atoms with Crippen LogP contribution >= 0.6 is 0 Å². The Bertz CT molecular complexity index is 821. The maximum atomic E-state index is 4.85. The van der Waals surface area contributed by atoms with Crippen molar-refractivity contribution in [2.24, 2.45) is 4.99 Å². The first-order chi connectivity index (χ1) is 13.4. The summed E-state index contributed by atoms with van der Waals surface area (Å²) in [6.07, 6.45) is 2.00. The van der Waals surface area contributed by atoms with Crippen molar-refractivity contribution in [3.8, 4) is 0 Å². The van der Waals surface area contributed by atoms with E-state index in [0.717, 1.165) is 19.6 Å². The van der Waals surface area contributed by atoms with Crippen molar-refractivity contribution in [1.29, 1.82) is 0 Å². The first-order valence-corrected chi connectivity index (χ1v) is 10.3. The van der Waals surface area contributed by atoms with Crippen LogP contribution in [0.25, 0.3) is 0 Å². The molecular formula is C24H34N4. The van der Waals surface area contributed by atoms with E-state index in [-0.39, 0.29) is 11.6 Å². The molecule has 0 fully saturated rings. The molecule has 4 nitrogen and oxygen atoms in total. The molecule has 0 radical (unpaired) electrons. The van der Waals surface area contributed by atoms with Crippen LogP contribution in [0.4, 0.5) is 11.4 Å². The molecule has 0 spiro atoms. The number of hydrogen-bond acceptors (Lipinski definition) is 4. The van der Waals surface area contributed by atoms with Crippen LogP contribution in [0.1, 0.15) is 43.4 Å². The number of nitrogens with zero attached hydrogens (tertiary/aromatic N) is 3. The average molecular weight is 379 g/mol. The van der Waals surface area contributed by atoms with E-state index in [0.29, 0.717) is 0 Å². The molecule has 0 amide bonds. The van der Waals surface area contributed by atoms with E-state index in [4.69, 9.17) is 4.99 Å². The second-order valence-corrected chi connectivity index (χ2v) is 7.97. The predicted molar refractivity (Wildman–Crippen MR) is 122 cm³/mol. The van der Waals surface area contributed by atoms with Gasteiger partial charge in [0.2, 0.25) is 0 Å². The summed E-state index contributed by atoms with van der Waals surface area (Å²) in [5.74, 6) is 0.160. The van der Waals surface area contributed by atoms with Gasteiger partial charge < -0.3 is 9.80 Å². The van der Waals surface area contributed by atoms with E-state index in [1.165, 1.54) is 28.1 Å². The number of hydrogen-bond donors (Lipinski definition) is 1. The zero-order chi connectivity index (χ0) is 20.3. The highest BCUT2D eigenvalue weighted by molar-refractivity contribution is 5.64. The fourth-order valence-corrected chi connectivity index (χ4v) is 4.25. The smallest absolute Gasteiger partial charge is 0.118 e. The van der Waals surface area contributed by atoms with E-state index in [1.54, 1.807) is 0 Å². The first-order valence-electron chi connectivity index (χ1n) is 10.3. The van der Waals surface area contributed by atoms with Crippen LogP contribution in [0.15, 0.2) is 47.5 Å². The molecule has 1 aliphatic heterocycles. The molecule has 2 aromatic rings. The third-order valence-electron chi connectivity index (χ3n) is 5.91. The lowest BCUT2D eigenvalue weighted by molar-refractivity contribution is 0.369. The summed E-state index contributed by atoms with van der Waals surface area (Å²) in [6, 6.07) is 15.8. The number of rotatable bonds is 7. The molecular weight excluding hydrogens is 344 g/mol. The second kappa shape index (κ2) is 8.36. The molecule has 0 aliphatic carbocycles. The van der Waals surface area contributed by atoms with E-state index in [2.05, 4.69) is 99.4 Å². The maximum absolute atomic E-state index is 4.85. The van der Waals surface area contributed by atoms with Crippen LogP contribution in [-0.2, 0) is 0 Å². The van der Waals surface area contributed by atoms with Crippen molar-refractivity contribution in [3.05, 3.63) is 59.2 Å². The van der Waals surface area contributed by atoms with Crippen LogP contribution in [-0.4, -0.2) is 45.6 Å². The van der Waals surface area contributed by atoms with E-state index < -0.39 is 0 Å². The molecule has 28 heavy (non-hydrogen) atoms. The molecule has 150 valence electrons. The highest BCUT2D eigenvalue weighted by Crippen LogP contribution is 2.40. The second-order valence-electron chi connectivity index (χ2n) is 7.97. The third kappa shape index (κ3) is 3.93. The van der Waals surface area contributed by atoms with Crippen molar-refractivity contribution < 1.29 is 0 Å². The Kier molecular flexibility index (Phi) is 6.09. The maximum Gasteiger partial charge on any atom is 0.118 e. The Hall–Kier alpha value is -2.33. The lowest BCUT2D eigenvalue weighted by atomic mass is 9.79. The summed E-state index contributed by atoms with van der Waals surface area (Å²) in [4.78, 5) is 9.38. The van der Waals surface area contributed by atoms with Crippen molar-refractivity contribution in [3.63, 3.8) is 0 Å². The van der Waals surface area contributed by atoms with Crippen molar-refractivity contribution in [1.82, 2.24) is 5.32 Å². The highest BCUT2D eigenvalue weighted by atomic mass is 15.2. The Morgan fingerprint density at radius 3 is 2.18 bits per heavy atom. The van der Waals surface area contributed by atoms with Gasteiger partial charge in [0.1, 0.15) is 5.66 Å². The molecule has 2 atom stereocenters. The molecule has 0 saturated heterocycles. The van der Waals surface area contributed by atoms with Gasteiger partial charge in [-0.05, 0) is 68.7 Å². The minimum Gasteiger partial charge on any atom is -0.378 e. The highest BCUT2D eigenvalue weighted by Gasteiger charge is 2.38. The molecule has 0 aromatic heterocycles. The van der Waals surface area contributed by atoms with Crippen LogP contribution in [0, 0.1) is 6.92 Å². The number of aryl methyl sites for hydroxylation is 1. The van der Waals surface area contributed by atoms with E-state index in [1.807, 2.05) is 6.21 Å². The standard InChI is InChI=1S/C24H34N4/c1-7-28(8-2)21-13-14-22(18(3)17-21)23(24(4)25-15-16-26-24)19-9-11-20(12-10-19)27(5)6/h9-15,17,23,26H,7-8,16H2,1-6H3. The molecule has 2 aromatic carbocycles. The fourth-order valence-electron chi connectivity index (χ4n) is 4.25. The molecule has 2 unspecified atom stereocenters. The van der Waals surface area contributed by atoms with Crippen molar-refractivity contribution >= 4 is 17.6 Å². The molecule has 1 N–H and O–H groups in total. The first kappa shape index (κ1) is 20.4. The number of anilines is 2. The Morgan fingerprint density at radius 2 is 1.68 bits per heavy atom. The van der Waals surface area contributed by atoms with Gasteiger partial charge in [-0.15, -0.1) is 0 Å². The average Bonchev–Trinajstić information content (AvgIpc) is 3.12. The summed E-state index contributed by atoms with van der Waals surface area (Å²) in [5, 5.41) is 3.61. The van der Waals surface area contributed by atoms with Gasteiger partial charge >= 0.3 is 0 Å². The van der Waals surface area contributed by atoms with Crippen molar-refractivity contribution in [2.45, 2.75) is 39.3 Å². The van der Waals surface area contributed by atoms with Crippen LogP contribution in [0.2, 0.25) is 0 Å². The molecule has 0 bridgehead atoms. The summed E-state index contributed by atoms with van der Waals surface area (Å²) in [6.45, 7) is 11.7. The SMILES string of the molecule is CCN(CC)c1ccc(C(c2ccc(N(C)C)cc2)C2(C)N=CCN2)c(C)c1. The Balaban J connectivity index is 2.06. The van der Waals surface area contributed by atoms with Gasteiger partial charge in [-0.3, -0.25) is 10.3 Å². The van der Waals surface area contributed by atoms with Crippen molar-refractivity contribution in [2.75, 3.05) is 43.5 Å². The van der Waals surface area contributed by atoms with Crippen LogP contribution in [0.5, 0.6) is 0 Å². The normalized spacial score (nSPS) is 19.6. The summed E-state index contributed by atoms with van der Waals surface area (Å²) in [5.41, 5.74) is 6.11. The largest absolute Gasteiger partial charge is 0.378 e. The number of benzene rings is 2. The third-order valence-corrected chi connectivity index (χ3v) is 5.91. The fraction of sp³-hybridized carbons (Fsp3) is 0.458. The summed E-state index contributed by atoms with van der Waals surface area (Å²) < 4.78 is 0. The monoisotopic (exact) mass is 378 g/mol. The molecule has 4 heteroatoms. The molecule has 0 saturated carbocycles. The molecule has 1 aliphatic rings. The minimum atomic E-state index is -0.332. The molecule has 3 rings (SSSR count). The molecule has 1 heterocycles. The quantitative estimate of drug-likeness (QED) is 0.773. The van der Waals surface area contributed by atoms with Gasteiger partial charge in [-0.1, -0.05) is 18.2 Å². The topological polar surface area (TPSA) is 30.9 Å². The summed E-state index contributed by atoms with van der Waals surface area (Å²) in [7, 11) is 4.15. The van der Waals surface area contributed by atoms with Crippen LogP contribution < -0.4 is 15.1 Å². The number of aliphatic imine (C=N–C) groups is 1. The zero-order valence-corrected chi connectivity index (χ0v) is 18.2. The zero-order valence-electron chi connectivity index (χ0n) is 18.2. The number of nitrogens with one attached hydrogen (secondary N) is 1. The van der Waals surface area contributed by atoms with E-state index in [9.17, 15) is 0 Å².